The minimum Gasteiger partial charge on any atom is -0.325 e. The van der Waals surface area contributed by atoms with Crippen LogP contribution in [0.15, 0.2) is 75.2 Å². The number of nitrogens with one attached hydrogen (secondary N) is 1. The van der Waals surface area contributed by atoms with Gasteiger partial charge in [0.25, 0.3) is 10.0 Å². The first kappa shape index (κ1) is 21.0. The van der Waals surface area contributed by atoms with Crippen molar-refractivity contribution in [2.45, 2.75) is 10.8 Å². The lowest BCUT2D eigenvalue weighted by atomic mass is 10.2. The molecule has 0 fully saturated rings. The maximum absolute atomic E-state index is 12.5. The Kier molecular flexibility index (Phi) is 5.72. The molecular weight excluding hydrogens is 438 g/mol. The molecule has 0 bridgehead atoms. The molecule has 0 unspecified atom stereocenters. The van der Waals surface area contributed by atoms with Crippen molar-refractivity contribution in [3.8, 4) is 0 Å². The quantitative estimate of drug-likeness (QED) is 0.456. The van der Waals surface area contributed by atoms with Gasteiger partial charge in [0.15, 0.2) is 5.65 Å². The predicted octanol–water partition coefficient (Wildman–Crippen LogP) is 1.86. The van der Waals surface area contributed by atoms with Crippen LogP contribution in [0.2, 0.25) is 0 Å². The number of carbonyl (C=O) groups is 1. The van der Waals surface area contributed by atoms with Crippen LogP contribution >= 0.6 is 11.3 Å². The first-order chi connectivity index (χ1) is 14.8. The van der Waals surface area contributed by atoms with E-state index in [-0.39, 0.29) is 23.0 Å². The number of carbonyl (C=O) groups excluding carboxylic acids is 1. The van der Waals surface area contributed by atoms with E-state index in [1.54, 1.807) is 54.0 Å². The predicted molar refractivity (Wildman–Crippen MR) is 118 cm³/mol. The standard InChI is InChI=1S/C20H19N5O4S2/c1-23(31(28,29)19-9-5-11-30-19)14-18(26)21-16-7-4-6-15(12-16)13-25-20(27)24-10-3-2-8-17(24)22-25/h2-12H,13-14H2,1H3,(H,21,26). The van der Waals surface area contributed by atoms with Gasteiger partial charge < -0.3 is 5.32 Å². The summed E-state index contributed by atoms with van der Waals surface area (Å²) < 4.78 is 28.9. The van der Waals surface area contributed by atoms with E-state index in [0.29, 0.717) is 11.3 Å². The van der Waals surface area contributed by atoms with Crippen molar-refractivity contribution < 1.29 is 13.2 Å². The van der Waals surface area contributed by atoms with Crippen LogP contribution in [0.3, 0.4) is 0 Å². The van der Waals surface area contributed by atoms with E-state index < -0.39 is 15.9 Å². The monoisotopic (exact) mass is 457 g/mol. The molecule has 1 N–H and O–H groups in total. The number of rotatable bonds is 7. The Hall–Kier alpha value is -3.28. The molecule has 11 heteroatoms. The summed E-state index contributed by atoms with van der Waals surface area (Å²) in [5, 5.41) is 8.67. The molecule has 3 heterocycles. The van der Waals surface area contributed by atoms with Gasteiger partial charge in [0.05, 0.1) is 13.1 Å². The van der Waals surface area contributed by atoms with Crippen molar-refractivity contribution in [3.05, 3.63) is 82.2 Å². The van der Waals surface area contributed by atoms with Crippen molar-refractivity contribution >= 4 is 38.6 Å². The second-order valence-electron chi connectivity index (χ2n) is 6.81. The lowest BCUT2D eigenvalue weighted by Gasteiger charge is -2.16. The second-order valence-corrected chi connectivity index (χ2v) is 10.0. The largest absolute Gasteiger partial charge is 0.350 e. The number of nitrogens with zero attached hydrogens (tertiary/aromatic N) is 4. The van der Waals surface area contributed by atoms with Gasteiger partial charge in [0, 0.05) is 18.9 Å². The zero-order chi connectivity index (χ0) is 22.0. The smallest absolute Gasteiger partial charge is 0.325 e. The van der Waals surface area contributed by atoms with E-state index >= 15 is 0 Å². The maximum atomic E-state index is 12.5. The molecule has 0 saturated carbocycles. The molecule has 31 heavy (non-hydrogen) atoms. The number of thiophene rings is 1. The number of amides is 1. The zero-order valence-corrected chi connectivity index (χ0v) is 18.1. The average molecular weight is 458 g/mol. The maximum Gasteiger partial charge on any atom is 0.350 e. The molecule has 0 aliphatic rings. The third kappa shape index (κ3) is 4.43. The van der Waals surface area contributed by atoms with Crippen molar-refractivity contribution in [1.82, 2.24) is 18.5 Å². The van der Waals surface area contributed by atoms with E-state index in [2.05, 4.69) is 10.4 Å². The average Bonchev–Trinajstić information content (AvgIpc) is 3.38. The fourth-order valence-electron chi connectivity index (χ4n) is 3.04. The van der Waals surface area contributed by atoms with E-state index in [4.69, 9.17) is 0 Å². The lowest BCUT2D eigenvalue weighted by Crippen LogP contribution is -2.34. The highest BCUT2D eigenvalue weighted by atomic mass is 32.2. The van der Waals surface area contributed by atoms with E-state index in [1.807, 2.05) is 6.07 Å². The molecule has 1 aromatic carbocycles. The van der Waals surface area contributed by atoms with Gasteiger partial charge in [-0.05, 0) is 41.3 Å². The normalized spacial score (nSPS) is 11.8. The first-order valence-corrected chi connectivity index (χ1v) is 11.6. The highest BCUT2D eigenvalue weighted by Crippen LogP contribution is 2.20. The van der Waals surface area contributed by atoms with Crippen LogP contribution in [0.4, 0.5) is 5.69 Å². The Morgan fingerprint density at radius 2 is 2.00 bits per heavy atom. The van der Waals surface area contributed by atoms with E-state index in [0.717, 1.165) is 21.2 Å². The van der Waals surface area contributed by atoms with E-state index in [9.17, 15) is 18.0 Å². The number of benzene rings is 1. The van der Waals surface area contributed by atoms with Gasteiger partial charge in [-0.2, -0.15) is 4.31 Å². The van der Waals surface area contributed by atoms with Gasteiger partial charge in [-0.25, -0.2) is 17.9 Å². The molecule has 3 aromatic heterocycles. The molecule has 0 saturated heterocycles. The number of pyridine rings is 1. The zero-order valence-electron chi connectivity index (χ0n) is 16.5. The van der Waals surface area contributed by atoms with Crippen LogP contribution in [0.5, 0.6) is 0 Å². The number of hydrogen-bond acceptors (Lipinski definition) is 6. The molecule has 1 amide bonds. The van der Waals surface area contributed by atoms with Gasteiger partial charge in [0.2, 0.25) is 5.91 Å². The molecule has 4 aromatic rings. The van der Waals surface area contributed by atoms with Crippen LogP contribution in [-0.2, 0) is 21.4 Å². The molecule has 0 spiro atoms. The van der Waals surface area contributed by atoms with Crippen LogP contribution in [0, 0.1) is 0 Å². The number of fused-ring (bicyclic) bond motifs is 1. The second kappa shape index (κ2) is 8.46. The van der Waals surface area contributed by atoms with Crippen LogP contribution in [0.1, 0.15) is 5.56 Å². The number of anilines is 1. The Labute approximate surface area is 182 Å². The van der Waals surface area contributed by atoms with E-state index in [1.165, 1.54) is 22.2 Å². The van der Waals surface area contributed by atoms with Gasteiger partial charge in [-0.15, -0.1) is 16.4 Å². The fourth-order valence-corrected chi connectivity index (χ4v) is 5.37. The summed E-state index contributed by atoms with van der Waals surface area (Å²) in [6, 6.07) is 15.4. The molecule has 160 valence electrons. The molecule has 9 nitrogen and oxygen atoms in total. The molecule has 4 rings (SSSR count). The summed E-state index contributed by atoms with van der Waals surface area (Å²) in [5.74, 6) is -0.468. The molecular formula is C20H19N5O4S2. The van der Waals surface area contributed by atoms with Gasteiger partial charge in [0.1, 0.15) is 4.21 Å². The SMILES string of the molecule is CN(CC(=O)Nc1cccc(Cn2nc3ccccn3c2=O)c1)S(=O)(=O)c1cccs1. The van der Waals surface area contributed by atoms with Gasteiger partial charge in [-0.3, -0.25) is 9.20 Å². The lowest BCUT2D eigenvalue weighted by molar-refractivity contribution is -0.116. The molecule has 0 radical (unpaired) electrons. The van der Waals surface area contributed by atoms with Crippen molar-refractivity contribution in [3.63, 3.8) is 0 Å². The molecule has 0 aliphatic carbocycles. The summed E-state index contributed by atoms with van der Waals surface area (Å²) in [4.78, 5) is 24.8. The minimum atomic E-state index is -3.71. The first-order valence-electron chi connectivity index (χ1n) is 9.27. The summed E-state index contributed by atoms with van der Waals surface area (Å²) >= 11 is 1.10. The summed E-state index contributed by atoms with van der Waals surface area (Å²) in [6.07, 6.45) is 1.65. The number of sulfonamides is 1. The Morgan fingerprint density at radius 1 is 1.16 bits per heavy atom. The summed E-state index contributed by atoms with van der Waals surface area (Å²) in [6.45, 7) is -0.0900. The summed E-state index contributed by atoms with van der Waals surface area (Å²) in [7, 11) is -2.35. The number of aromatic nitrogens is 3. The van der Waals surface area contributed by atoms with Crippen LogP contribution in [0.25, 0.3) is 5.65 Å². The molecule has 0 aliphatic heterocycles. The number of likely N-dealkylation sites (N-methyl/N-ethyl adjacent to an activating group) is 1. The van der Waals surface area contributed by atoms with Gasteiger partial charge in [-0.1, -0.05) is 24.3 Å². The Bertz CT molecular complexity index is 1390. The highest BCUT2D eigenvalue weighted by molar-refractivity contribution is 7.91. The Balaban J connectivity index is 1.45. The fraction of sp³-hybridized carbons (Fsp3) is 0.150. The molecule has 0 atom stereocenters. The topological polar surface area (TPSA) is 106 Å². The van der Waals surface area contributed by atoms with Gasteiger partial charge >= 0.3 is 5.69 Å². The minimum absolute atomic E-state index is 0.183. The highest BCUT2D eigenvalue weighted by Gasteiger charge is 2.23. The van der Waals surface area contributed by atoms with Crippen LogP contribution in [-0.4, -0.2) is 46.4 Å². The summed E-state index contributed by atoms with van der Waals surface area (Å²) in [5.41, 5.74) is 1.56. The van der Waals surface area contributed by atoms with Crippen molar-refractivity contribution in [2.24, 2.45) is 0 Å². The third-order valence-corrected chi connectivity index (χ3v) is 7.73. The Morgan fingerprint density at radius 3 is 2.74 bits per heavy atom. The third-order valence-electron chi connectivity index (χ3n) is 4.56. The number of hydrogen-bond donors (Lipinski definition) is 1. The van der Waals surface area contributed by atoms with Crippen LogP contribution < -0.4 is 11.0 Å². The van der Waals surface area contributed by atoms with Crippen molar-refractivity contribution in [2.75, 3.05) is 18.9 Å². The van der Waals surface area contributed by atoms with Crippen molar-refractivity contribution in [1.29, 1.82) is 0 Å².